The third-order valence-electron chi connectivity index (χ3n) is 2.94. The Balaban J connectivity index is 1.62. The monoisotopic (exact) mass is 328 g/mol. The molecule has 7 heteroatoms. The standard InChI is InChI=1S/C16H13ClN4O2/c17-14-10-21(13-6-2-1-3-7-13)20-16(14)23-11-15(22)19-12-5-4-8-18-9-12/h1-10H,11H2,(H,19,22). The van der Waals surface area contributed by atoms with Crippen molar-refractivity contribution < 1.29 is 9.53 Å². The first-order valence-electron chi connectivity index (χ1n) is 6.85. The highest BCUT2D eigenvalue weighted by Crippen LogP contribution is 2.23. The number of anilines is 1. The van der Waals surface area contributed by atoms with Crippen LogP contribution in [0.15, 0.2) is 61.1 Å². The van der Waals surface area contributed by atoms with E-state index in [1.165, 1.54) is 0 Å². The van der Waals surface area contributed by atoms with Crippen molar-refractivity contribution in [1.29, 1.82) is 0 Å². The average molecular weight is 329 g/mol. The normalized spacial score (nSPS) is 10.3. The van der Waals surface area contributed by atoms with Crippen molar-refractivity contribution in [3.63, 3.8) is 0 Å². The summed E-state index contributed by atoms with van der Waals surface area (Å²) in [5.41, 5.74) is 1.45. The molecule has 0 saturated heterocycles. The fraction of sp³-hybridized carbons (Fsp3) is 0.0625. The molecule has 0 aliphatic heterocycles. The highest BCUT2D eigenvalue weighted by atomic mass is 35.5. The van der Waals surface area contributed by atoms with Crippen LogP contribution in [0.25, 0.3) is 5.69 Å². The van der Waals surface area contributed by atoms with E-state index in [-0.39, 0.29) is 18.4 Å². The summed E-state index contributed by atoms with van der Waals surface area (Å²) in [7, 11) is 0. The van der Waals surface area contributed by atoms with Gasteiger partial charge in [-0.3, -0.25) is 9.78 Å². The fourth-order valence-corrected chi connectivity index (χ4v) is 2.10. The molecule has 0 aliphatic rings. The Kier molecular flexibility index (Phi) is 4.54. The zero-order valence-corrected chi connectivity index (χ0v) is 12.8. The van der Waals surface area contributed by atoms with Crippen molar-refractivity contribution in [2.45, 2.75) is 0 Å². The number of para-hydroxylation sites is 1. The van der Waals surface area contributed by atoms with Crippen LogP contribution in [0.3, 0.4) is 0 Å². The summed E-state index contributed by atoms with van der Waals surface area (Å²) < 4.78 is 6.97. The number of aromatic nitrogens is 3. The number of hydrogen-bond acceptors (Lipinski definition) is 4. The van der Waals surface area contributed by atoms with E-state index in [0.29, 0.717) is 10.7 Å². The number of nitrogens with one attached hydrogen (secondary N) is 1. The maximum atomic E-state index is 11.8. The number of pyridine rings is 1. The van der Waals surface area contributed by atoms with E-state index >= 15 is 0 Å². The number of carbonyl (C=O) groups excluding carboxylic acids is 1. The van der Waals surface area contributed by atoms with E-state index in [1.54, 1.807) is 35.4 Å². The van der Waals surface area contributed by atoms with E-state index in [9.17, 15) is 4.79 Å². The number of ether oxygens (including phenoxy) is 1. The van der Waals surface area contributed by atoms with Crippen molar-refractivity contribution in [2.75, 3.05) is 11.9 Å². The Morgan fingerprint density at radius 1 is 1.22 bits per heavy atom. The molecule has 0 spiro atoms. The van der Waals surface area contributed by atoms with Crippen molar-refractivity contribution in [3.8, 4) is 11.6 Å². The summed E-state index contributed by atoms with van der Waals surface area (Å²) in [5.74, 6) is -0.111. The molecule has 2 aromatic heterocycles. The SMILES string of the molecule is O=C(COc1nn(-c2ccccc2)cc1Cl)Nc1cccnc1. The van der Waals surface area contributed by atoms with E-state index in [2.05, 4.69) is 15.4 Å². The lowest BCUT2D eigenvalue weighted by Crippen LogP contribution is -2.20. The van der Waals surface area contributed by atoms with E-state index in [0.717, 1.165) is 5.69 Å². The van der Waals surface area contributed by atoms with Gasteiger partial charge in [0.1, 0.15) is 5.02 Å². The summed E-state index contributed by atoms with van der Waals surface area (Å²) in [5, 5.41) is 7.23. The van der Waals surface area contributed by atoms with E-state index in [1.807, 2.05) is 30.3 Å². The third-order valence-corrected chi connectivity index (χ3v) is 3.20. The lowest BCUT2D eigenvalue weighted by atomic mass is 10.3. The quantitative estimate of drug-likeness (QED) is 0.782. The van der Waals surface area contributed by atoms with Gasteiger partial charge in [-0.2, -0.15) is 0 Å². The first-order chi connectivity index (χ1) is 11.2. The van der Waals surface area contributed by atoms with Crippen LogP contribution in [0, 0.1) is 0 Å². The molecule has 0 fully saturated rings. The molecule has 0 unspecified atom stereocenters. The van der Waals surface area contributed by atoms with Crippen LogP contribution in [0.4, 0.5) is 5.69 Å². The Labute approximate surface area is 137 Å². The molecular weight excluding hydrogens is 316 g/mol. The zero-order chi connectivity index (χ0) is 16.1. The fourth-order valence-electron chi connectivity index (χ4n) is 1.92. The topological polar surface area (TPSA) is 69.0 Å². The van der Waals surface area contributed by atoms with Gasteiger partial charge in [-0.15, -0.1) is 5.10 Å². The van der Waals surface area contributed by atoms with Gasteiger partial charge in [0.05, 0.1) is 23.8 Å². The third kappa shape index (κ3) is 3.87. The lowest BCUT2D eigenvalue weighted by molar-refractivity contribution is -0.118. The molecule has 0 bridgehead atoms. The number of rotatable bonds is 5. The van der Waals surface area contributed by atoms with Crippen LogP contribution in [-0.2, 0) is 4.79 Å². The predicted octanol–water partition coefficient (Wildman–Crippen LogP) is 2.94. The van der Waals surface area contributed by atoms with E-state index < -0.39 is 0 Å². The summed E-state index contributed by atoms with van der Waals surface area (Å²) >= 11 is 6.09. The van der Waals surface area contributed by atoms with Crippen LogP contribution < -0.4 is 10.1 Å². The van der Waals surface area contributed by atoms with Crippen molar-refractivity contribution >= 4 is 23.2 Å². The number of hydrogen-bond donors (Lipinski definition) is 1. The lowest BCUT2D eigenvalue weighted by Gasteiger charge is -2.05. The highest BCUT2D eigenvalue weighted by Gasteiger charge is 2.11. The molecule has 116 valence electrons. The maximum Gasteiger partial charge on any atom is 0.262 e. The molecule has 1 N–H and O–H groups in total. The van der Waals surface area contributed by atoms with Crippen LogP contribution >= 0.6 is 11.6 Å². The Bertz CT molecular complexity index is 790. The summed E-state index contributed by atoms with van der Waals surface area (Å²) in [6.45, 7) is -0.194. The summed E-state index contributed by atoms with van der Waals surface area (Å²) in [6.07, 6.45) is 4.81. The van der Waals surface area contributed by atoms with Gasteiger partial charge in [0.15, 0.2) is 6.61 Å². The molecule has 6 nitrogen and oxygen atoms in total. The smallest absolute Gasteiger partial charge is 0.262 e. The molecular formula is C16H13ClN4O2. The molecule has 3 aromatic rings. The molecule has 2 heterocycles. The van der Waals surface area contributed by atoms with Gasteiger partial charge >= 0.3 is 0 Å². The van der Waals surface area contributed by atoms with Gasteiger partial charge in [0.25, 0.3) is 11.8 Å². The number of benzene rings is 1. The van der Waals surface area contributed by atoms with Crippen LogP contribution in [0.5, 0.6) is 5.88 Å². The number of carbonyl (C=O) groups is 1. The van der Waals surface area contributed by atoms with Crippen LogP contribution in [0.1, 0.15) is 0 Å². The molecule has 0 aliphatic carbocycles. The first kappa shape index (κ1) is 15.1. The van der Waals surface area contributed by atoms with Crippen molar-refractivity contribution in [1.82, 2.24) is 14.8 Å². The van der Waals surface area contributed by atoms with Gasteiger partial charge in [-0.05, 0) is 24.3 Å². The second kappa shape index (κ2) is 6.93. The molecule has 3 rings (SSSR count). The molecule has 1 aromatic carbocycles. The molecule has 1 amide bonds. The molecule has 0 saturated carbocycles. The minimum absolute atomic E-state index is 0.194. The predicted molar refractivity (Wildman–Crippen MR) is 86.9 cm³/mol. The molecule has 0 radical (unpaired) electrons. The van der Waals surface area contributed by atoms with Gasteiger partial charge in [0, 0.05) is 6.20 Å². The highest BCUT2D eigenvalue weighted by molar-refractivity contribution is 6.31. The second-order valence-electron chi connectivity index (χ2n) is 4.64. The first-order valence-corrected chi connectivity index (χ1v) is 7.23. The van der Waals surface area contributed by atoms with Gasteiger partial charge in [-0.1, -0.05) is 29.8 Å². The maximum absolute atomic E-state index is 11.8. The van der Waals surface area contributed by atoms with Crippen molar-refractivity contribution in [2.24, 2.45) is 0 Å². The Morgan fingerprint density at radius 2 is 2.04 bits per heavy atom. The Hall–Kier alpha value is -2.86. The molecule has 23 heavy (non-hydrogen) atoms. The average Bonchev–Trinajstić information content (AvgIpc) is 2.96. The number of amides is 1. The summed E-state index contributed by atoms with van der Waals surface area (Å²) in [6, 6.07) is 13.0. The largest absolute Gasteiger partial charge is 0.465 e. The van der Waals surface area contributed by atoms with Gasteiger partial charge in [-0.25, -0.2) is 4.68 Å². The summed E-state index contributed by atoms with van der Waals surface area (Å²) in [4.78, 5) is 15.7. The van der Waals surface area contributed by atoms with E-state index in [4.69, 9.17) is 16.3 Å². The van der Waals surface area contributed by atoms with Crippen LogP contribution in [0.2, 0.25) is 5.02 Å². The number of halogens is 1. The minimum atomic E-state index is -0.316. The number of nitrogens with zero attached hydrogens (tertiary/aromatic N) is 3. The second-order valence-corrected chi connectivity index (χ2v) is 5.05. The van der Waals surface area contributed by atoms with Crippen molar-refractivity contribution in [3.05, 3.63) is 66.1 Å². The van der Waals surface area contributed by atoms with Crippen LogP contribution in [-0.4, -0.2) is 27.3 Å². The zero-order valence-electron chi connectivity index (χ0n) is 12.0. The van der Waals surface area contributed by atoms with Gasteiger partial charge in [0.2, 0.25) is 0 Å². The Morgan fingerprint density at radius 3 is 2.78 bits per heavy atom. The molecule has 0 atom stereocenters. The van der Waals surface area contributed by atoms with Gasteiger partial charge < -0.3 is 10.1 Å². The minimum Gasteiger partial charge on any atom is -0.465 e.